The van der Waals surface area contributed by atoms with E-state index in [2.05, 4.69) is 69.9 Å². The summed E-state index contributed by atoms with van der Waals surface area (Å²) in [6.07, 6.45) is 2.03. The second-order valence-corrected chi connectivity index (χ2v) is 7.27. The molecule has 0 radical (unpaired) electrons. The zero-order chi connectivity index (χ0) is 13.9. The molecule has 1 aliphatic rings. The molecule has 0 spiro atoms. The zero-order valence-electron chi connectivity index (χ0n) is 11.1. The molecule has 20 heavy (non-hydrogen) atoms. The van der Waals surface area contributed by atoms with E-state index in [4.69, 9.17) is 5.84 Å². The number of hydrogen-bond acceptors (Lipinski definition) is 3. The summed E-state index contributed by atoms with van der Waals surface area (Å²) < 4.78 is 1.12. The first-order chi connectivity index (χ1) is 9.76. The molecule has 104 valence electrons. The molecule has 0 saturated carbocycles. The molecule has 0 fully saturated rings. The van der Waals surface area contributed by atoms with Gasteiger partial charge in [0, 0.05) is 20.7 Å². The highest BCUT2D eigenvalue weighted by molar-refractivity contribution is 9.10. The Morgan fingerprint density at radius 1 is 1.25 bits per heavy atom. The molecule has 1 aliphatic heterocycles. The van der Waals surface area contributed by atoms with Gasteiger partial charge >= 0.3 is 0 Å². The van der Waals surface area contributed by atoms with Gasteiger partial charge in [-0.25, -0.2) is 0 Å². The second kappa shape index (κ2) is 6.31. The predicted molar refractivity (Wildman–Crippen MR) is 88.7 cm³/mol. The molecule has 2 unspecified atom stereocenters. The molecule has 0 aliphatic carbocycles. The Kier molecular flexibility index (Phi) is 4.46. The molecule has 0 saturated heterocycles. The summed E-state index contributed by atoms with van der Waals surface area (Å²) in [6, 6.07) is 17.4. The minimum atomic E-state index is 0.279. The molecule has 2 aromatic rings. The Bertz CT molecular complexity index is 578. The molecule has 0 aromatic heterocycles. The number of fused-ring (bicyclic) bond motifs is 1. The standard InChI is InChI=1S/C16H17BrN2S/c17-13-6-3-4-11(8-13)9-14(19-18)16-10-12-5-1-2-7-15(12)20-16/h1-8,14,16,19H,9-10,18H2. The first kappa shape index (κ1) is 14.1. The number of rotatable bonds is 4. The van der Waals surface area contributed by atoms with Gasteiger partial charge in [0.2, 0.25) is 0 Å². The number of benzene rings is 2. The van der Waals surface area contributed by atoms with E-state index in [1.807, 2.05) is 11.8 Å². The molecule has 0 bridgehead atoms. The lowest BCUT2D eigenvalue weighted by atomic mass is 9.99. The van der Waals surface area contributed by atoms with Crippen molar-refractivity contribution in [2.75, 3.05) is 0 Å². The molecule has 0 amide bonds. The van der Waals surface area contributed by atoms with Gasteiger partial charge in [0.05, 0.1) is 0 Å². The van der Waals surface area contributed by atoms with Crippen LogP contribution in [0.1, 0.15) is 11.1 Å². The van der Waals surface area contributed by atoms with Crippen molar-refractivity contribution >= 4 is 27.7 Å². The SMILES string of the molecule is NNC(Cc1cccc(Br)c1)C1Cc2ccccc2S1. The summed E-state index contributed by atoms with van der Waals surface area (Å²) in [5.41, 5.74) is 5.76. The van der Waals surface area contributed by atoms with Gasteiger partial charge in [0.15, 0.2) is 0 Å². The van der Waals surface area contributed by atoms with E-state index < -0.39 is 0 Å². The van der Waals surface area contributed by atoms with Crippen LogP contribution >= 0.6 is 27.7 Å². The highest BCUT2D eigenvalue weighted by atomic mass is 79.9. The van der Waals surface area contributed by atoms with Crippen LogP contribution in [0.15, 0.2) is 57.9 Å². The van der Waals surface area contributed by atoms with Crippen LogP contribution in [-0.4, -0.2) is 11.3 Å². The van der Waals surface area contributed by atoms with Gasteiger partial charge in [0.25, 0.3) is 0 Å². The summed E-state index contributed by atoms with van der Waals surface area (Å²) in [4.78, 5) is 1.40. The second-order valence-electron chi connectivity index (χ2n) is 5.08. The molecule has 4 heteroatoms. The lowest BCUT2D eigenvalue weighted by molar-refractivity contribution is 0.506. The highest BCUT2D eigenvalue weighted by Crippen LogP contribution is 2.38. The fourth-order valence-corrected chi connectivity index (χ4v) is 4.48. The van der Waals surface area contributed by atoms with Crippen molar-refractivity contribution in [2.45, 2.75) is 29.0 Å². The maximum absolute atomic E-state index is 5.80. The van der Waals surface area contributed by atoms with E-state index in [1.54, 1.807) is 0 Å². The minimum absolute atomic E-state index is 0.279. The van der Waals surface area contributed by atoms with Crippen molar-refractivity contribution < 1.29 is 0 Å². The van der Waals surface area contributed by atoms with Crippen molar-refractivity contribution in [2.24, 2.45) is 5.84 Å². The van der Waals surface area contributed by atoms with E-state index in [0.29, 0.717) is 5.25 Å². The van der Waals surface area contributed by atoms with Crippen molar-refractivity contribution in [3.05, 3.63) is 64.1 Å². The molecule has 3 N–H and O–H groups in total. The number of halogens is 1. The molecular formula is C16H17BrN2S. The number of nitrogens with one attached hydrogen (secondary N) is 1. The fraction of sp³-hybridized carbons (Fsp3) is 0.250. The van der Waals surface area contributed by atoms with Crippen LogP contribution in [0.2, 0.25) is 0 Å². The van der Waals surface area contributed by atoms with Gasteiger partial charge in [-0.2, -0.15) is 0 Å². The third-order valence-electron chi connectivity index (χ3n) is 3.68. The number of nitrogens with two attached hydrogens (primary N) is 1. The van der Waals surface area contributed by atoms with E-state index in [0.717, 1.165) is 17.3 Å². The van der Waals surface area contributed by atoms with Crippen LogP contribution in [0.25, 0.3) is 0 Å². The smallest absolute Gasteiger partial charge is 0.0376 e. The Morgan fingerprint density at radius 2 is 2.10 bits per heavy atom. The van der Waals surface area contributed by atoms with Gasteiger partial charge in [-0.3, -0.25) is 11.3 Å². The van der Waals surface area contributed by atoms with Crippen molar-refractivity contribution in [1.82, 2.24) is 5.43 Å². The van der Waals surface area contributed by atoms with E-state index in [9.17, 15) is 0 Å². The topological polar surface area (TPSA) is 38.0 Å². The fourth-order valence-electron chi connectivity index (χ4n) is 2.65. The van der Waals surface area contributed by atoms with Crippen molar-refractivity contribution in [3.8, 4) is 0 Å². The minimum Gasteiger partial charge on any atom is -0.271 e. The van der Waals surface area contributed by atoms with Crippen LogP contribution < -0.4 is 11.3 Å². The summed E-state index contributed by atoms with van der Waals surface area (Å²) >= 11 is 5.46. The van der Waals surface area contributed by atoms with Crippen LogP contribution in [0.5, 0.6) is 0 Å². The first-order valence-corrected chi connectivity index (χ1v) is 8.38. The van der Waals surface area contributed by atoms with Crippen molar-refractivity contribution in [3.63, 3.8) is 0 Å². The number of hydrazine groups is 1. The van der Waals surface area contributed by atoms with Gasteiger partial charge in [-0.15, -0.1) is 11.8 Å². The third kappa shape index (κ3) is 3.09. The van der Waals surface area contributed by atoms with Crippen LogP contribution in [-0.2, 0) is 12.8 Å². The summed E-state index contributed by atoms with van der Waals surface area (Å²) in [5.74, 6) is 5.80. The van der Waals surface area contributed by atoms with Gasteiger partial charge in [0.1, 0.15) is 0 Å². The predicted octanol–water partition coefficient (Wildman–Crippen LogP) is 3.54. The molecule has 1 heterocycles. The Labute approximate surface area is 132 Å². The number of hydrogen-bond donors (Lipinski definition) is 2. The lowest BCUT2D eigenvalue weighted by Crippen LogP contribution is -2.44. The molecule has 2 nitrogen and oxygen atoms in total. The van der Waals surface area contributed by atoms with Crippen LogP contribution in [0.4, 0.5) is 0 Å². The highest BCUT2D eigenvalue weighted by Gasteiger charge is 2.28. The maximum Gasteiger partial charge on any atom is 0.0376 e. The van der Waals surface area contributed by atoms with E-state index in [1.165, 1.54) is 16.0 Å². The average molecular weight is 349 g/mol. The summed E-state index contributed by atoms with van der Waals surface area (Å²) in [5, 5.41) is 0.497. The molecule has 2 atom stereocenters. The average Bonchev–Trinajstić information content (AvgIpc) is 2.88. The monoisotopic (exact) mass is 348 g/mol. The van der Waals surface area contributed by atoms with Crippen molar-refractivity contribution in [1.29, 1.82) is 0 Å². The quantitative estimate of drug-likeness (QED) is 0.655. The first-order valence-electron chi connectivity index (χ1n) is 6.71. The molecular weight excluding hydrogens is 332 g/mol. The summed E-state index contributed by atoms with van der Waals surface area (Å²) in [6.45, 7) is 0. The molecule has 3 rings (SSSR count). The third-order valence-corrected chi connectivity index (χ3v) is 5.62. The maximum atomic E-state index is 5.80. The normalized spacial score (nSPS) is 18.8. The van der Waals surface area contributed by atoms with Gasteiger partial charge in [-0.1, -0.05) is 46.3 Å². The van der Waals surface area contributed by atoms with Crippen LogP contribution in [0, 0.1) is 0 Å². The van der Waals surface area contributed by atoms with Gasteiger partial charge < -0.3 is 0 Å². The Hall–Kier alpha value is -0.810. The zero-order valence-corrected chi connectivity index (χ0v) is 13.5. The van der Waals surface area contributed by atoms with Gasteiger partial charge in [-0.05, 0) is 42.2 Å². The van der Waals surface area contributed by atoms with Crippen LogP contribution in [0.3, 0.4) is 0 Å². The van der Waals surface area contributed by atoms with E-state index in [-0.39, 0.29) is 6.04 Å². The molecule has 2 aromatic carbocycles. The number of thioether (sulfide) groups is 1. The summed E-state index contributed by atoms with van der Waals surface area (Å²) in [7, 11) is 0. The van der Waals surface area contributed by atoms with E-state index >= 15 is 0 Å². The Balaban J connectivity index is 1.72. The lowest BCUT2D eigenvalue weighted by Gasteiger charge is -2.22. The Morgan fingerprint density at radius 3 is 2.85 bits per heavy atom. The largest absolute Gasteiger partial charge is 0.271 e.